The van der Waals surface area contributed by atoms with Crippen molar-refractivity contribution in [2.45, 2.75) is 0 Å². The highest BCUT2D eigenvalue weighted by Crippen LogP contribution is 2.51. The van der Waals surface area contributed by atoms with E-state index in [-0.39, 0.29) is 0 Å². The highest BCUT2D eigenvalue weighted by molar-refractivity contribution is 8.21. The van der Waals surface area contributed by atoms with E-state index in [0.717, 1.165) is 27.3 Å². The van der Waals surface area contributed by atoms with E-state index in [9.17, 15) is 0 Å². The molecule has 8 aromatic rings. The Bertz CT molecular complexity index is 2150. The second-order valence-electron chi connectivity index (χ2n) is 10.0. The van der Waals surface area contributed by atoms with E-state index in [0.29, 0.717) is 0 Å². The van der Waals surface area contributed by atoms with Crippen molar-refractivity contribution in [3.8, 4) is 5.69 Å². The first-order valence-electron chi connectivity index (χ1n) is 13.3. The van der Waals surface area contributed by atoms with E-state index in [4.69, 9.17) is 11.8 Å². The van der Waals surface area contributed by atoms with Crippen LogP contribution in [0.2, 0.25) is 0 Å². The molecule has 0 radical (unpaired) electrons. The molecule has 3 nitrogen and oxygen atoms in total. The summed E-state index contributed by atoms with van der Waals surface area (Å²) in [6, 6.07) is 47.5. The van der Waals surface area contributed by atoms with Crippen molar-refractivity contribution in [2.75, 3.05) is 0 Å². The quantitative estimate of drug-likeness (QED) is 0.207. The molecule has 0 spiro atoms. The van der Waals surface area contributed by atoms with Crippen LogP contribution >= 0.6 is 6.19 Å². The van der Waals surface area contributed by atoms with Crippen LogP contribution in [0.15, 0.2) is 146 Å². The van der Waals surface area contributed by atoms with Gasteiger partial charge >= 0.3 is 0 Å². The number of hydrogen-bond acceptors (Lipinski definition) is 2. The average molecular weight is 550 g/mol. The molecule has 0 N–H and O–H groups in total. The number of rotatable bonds is 4. The summed E-state index contributed by atoms with van der Waals surface area (Å²) < 4.78 is 4.81. The molecule has 0 saturated carbocycles. The van der Waals surface area contributed by atoms with Crippen molar-refractivity contribution < 1.29 is 0 Å². The van der Waals surface area contributed by atoms with Crippen LogP contribution in [0.4, 0.5) is 0 Å². The molecule has 0 aliphatic carbocycles. The number of nitrogens with zero attached hydrogens (tertiary/aromatic N) is 3. The smallest absolute Gasteiger partial charge is 0.0988 e. The molecule has 1 atom stereocenters. The average Bonchev–Trinajstić information content (AvgIpc) is 3.54. The zero-order valence-electron chi connectivity index (χ0n) is 21.6. The van der Waals surface area contributed by atoms with Gasteiger partial charge in [0.25, 0.3) is 0 Å². The molecule has 3 aromatic heterocycles. The summed E-state index contributed by atoms with van der Waals surface area (Å²) in [6.45, 7) is 0. The molecule has 40 heavy (non-hydrogen) atoms. The van der Waals surface area contributed by atoms with Gasteiger partial charge in [0.2, 0.25) is 0 Å². The molecule has 0 aliphatic heterocycles. The second-order valence-corrected chi connectivity index (χ2v) is 14.2. The van der Waals surface area contributed by atoms with Gasteiger partial charge in [-0.3, -0.25) is 4.98 Å². The van der Waals surface area contributed by atoms with E-state index in [1.54, 1.807) is 0 Å². The Balaban J connectivity index is 1.48. The number of pyridine rings is 1. The van der Waals surface area contributed by atoms with Crippen LogP contribution in [0.25, 0.3) is 49.3 Å². The number of hydrogen-bond donors (Lipinski definition) is 0. The van der Waals surface area contributed by atoms with Crippen molar-refractivity contribution in [3.05, 3.63) is 146 Å². The maximum Gasteiger partial charge on any atom is 0.0988 e. The molecule has 3 heterocycles. The Hall–Kier alpha value is -4.50. The van der Waals surface area contributed by atoms with Crippen molar-refractivity contribution >= 4 is 72.2 Å². The highest BCUT2D eigenvalue weighted by atomic mass is 32.4. The third-order valence-electron chi connectivity index (χ3n) is 7.85. The van der Waals surface area contributed by atoms with Gasteiger partial charge in [0.05, 0.1) is 28.3 Å². The SMILES string of the molecule is S=P(c1ccccc1)(c1cccnc1)n1c2ccccc2c2cc(-n3c4ccccc4c4ccccc43)ccc21. The predicted molar refractivity (Wildman–Crippen MR) is 173 cm³/mol. The Morgan fingerprint density at radius 2 is 1.05 bits per heavy atom. The summed E-state index contributed by atoms with van der Waals surface area (Å²) in [4.78, 5) is 4.50. The van der Waals surface area contributed by atoms with Crippen LogP contribution in [0.5, 0.6) is 0 Å². The lowest BCUT2D eigenvalue weighted by molar-refractivity contribution is 1.18. The number of fused-ring (bicyclic) bond motifs is 6. The van der Waals surface area contributed by atoms with E-state index >= 15 is 0 Å². The minimum Gasteiger partial charge on any atom is -0.309 e. The molecule has 1 unspecified atom stereocenters. The zero-order valence-corrected chi connectivity index (χ0v) is 23.3. The number of para-hydroxylation sites is 3. The Morgan fingerprint density at radius 3 is 1.70 bits per heavy atom. The van der Waals surface area contributed by atoms with E-state index in [1.807, 2.05) is 18.5 Å². The van der Waals surface area contributed by atoms with Gasteiger partial charge in [-0.15, -0.1) is 0 Å². The summed E-state index contributed by atoms with van der Waals surface area (Å²) in [5.74, 6) is 0. The fraction of sp³-hybridized carbons (Fsp3) is 0. The van der Waals surface area contributed by atoms with Crippen LogP contribution in [0.1, 0.15) is 0 Å². The van der Waals surface area contributed by atoms with Gasteiger partial charge in [0.1, 0.15) is 0 Å². The summed E-state index contributed by atoms with van der Waals surface area (Å²) in [5.41, 5.74) is 5.84. The first-order valence-corrected chi connectivity index (χ1v) is 16.1. The molecule has 5 aromatic carbocycles. The van der Waals surface area contributed by atoms with Crippen LogP contribution in [-0.2, 0) is 11.8 Å². The normalized spacial score (nSPS) is 13.3. The Labute approximate surface area is 237 Å². The van der Waals surface area contributed by atoms with E-state index in [2.05, 4.69) is 141 Å². The topological polar surface area (TPSA) is 22.8 Å². The second kappa shape index (κ2) is 9.02. The third kappa shape index (κ3) is 3.30. The molecule has 0 aliphatic rings. The van der Waals surface area contributed by atoms with E-state index in [1.165, 1.54) is 32.6 Å². The first-order chi connectivity index (χ1) is 19.7. The standard InChI is InChI=1S/C35H24N3PS/c40-39(26-11-2-1-3-12-26,27-13-10-22-36-24-27)38-34-19-9-6-16-30(34)31-23-25(20-21-35(31)38)37-32-17-7-4-14-28(32)29-15-5-8-18-33(29)37/h1-24H. The van der Waals surface area contributed by atoms with Crippen LogP contribution in [0, 0.1) is 0 Å². The lowest BCUT2D eigenvalue weighted by Gasteiger charge is -2.27. The molecule has 0 bridgehead atoms. The maximum atomic E-state index is 6.78. The number of aromatic nitrogens is 3. The fourth-order valence-corrected chi connectivity index (χ4v) is 10.1. The van der Waals surface area contributed by atoms with E-state index < -0.39 is 6.19 Å². The predicted octanol–water partition coefficient (Wildman–Crippen LogP) is 8.18. The molecular formula is C35H24N3PS. The van der Waals surface area contributed by atoms with Crippen molar-refractivity contribution in [1.82, 2.24) is 13.9 Å². The molecule has 5 heteroatoms. The lowest BCUT2D eigenvalue weighted by atomic mass is 10.1. The van der Waals surface area contributed by atoms with Gasteiger partial charge in [-0.2, -0.15) is 0 Å². The van der Waals surface area contributed by atoms with Gasteiger partial charge < -0.3 is 8.90 Å². The van der Waals surface area contributed by atoms with Crippen molar-refractivity contribution in [1.29, 1.82) is 0 Å². The Morgan fingerprint density at radius 1 is 0.500 bits per heavy atom. The van der Waals surface area contributed by atoms with Gasteiger partial charge in [0.15, 0.2) is 0 Å². The Kier molecular flexibility index (Phi) is 5.28. The van der Waals surface area contributed by atoms with Gasteiger partial charge in [-0.25, -0.2) is 0 Å². The number of benzene rings is 5. The largest absolute Gasteiger partial charge is 0.309 e. The molecule has 190 valence electrons. The first kappa shape index (κ1) is 23.4. The monoisotopic (exact) mass is 549 g/mol. The molecular weight excluding hydrogens is 525 g/mol. The summed E-state index contributed by atoms with van der Waals surface area (Å²) in [7, 11) is 0. The summed E-state index contributed by atoms with van der Waals surface area (Å²) in [6.07, 6.45) is 1.27. The van der Waals surface area contributed by atoms with Crippen molar-refractivity contribution in [2.24, 2.45) is 0 Å². The van der Waals surface area contributed by atoms with Gasteiger partial charge in [-0.05, 0) is 48.5 Å². The van der Waals surface area contributed by atoms with Gasteiger partial charge in [0, 0.05) is 50.2 Å². The van der Waals surface area contributed by atoms with Gasteiger partial charge in [-0.1, -0.05) is 96.7 Å². The maximum absolute atomic E-state index is 6.78. The summed E-state index contributed by atoms with van der Waals surface area (Å²) in [5, 5.41) is 7.14. The fourth-order valence-electron chi connectivity index (χ4n) is 6.13. The minimum absolute atomic E-state index is 1.07. The molecule has 8 rings (SSSR count). The third-order valence-corrected chi connectivity index (χ3v) is 12.6. The van der Waals surface area contributed by atoms with Crippen LogP contribution in [0.3, 0.4) is 0 Å². The van der Waals surface area contributed by atoms with Crippen molar-refractivity contribution in [3.63, 3.8) is 0 Å². The molecule has 0 saturated heterocycles. The highest BCUT2D eigenvalue weighted by Gasteiger charge is 2.29. The molecule has 0 fully saturated rings. The van der Waals surface area contributed by atoms with Crippen LogP contribution in [-0.4, -0.2) is 13.9 Å². The lowest BCUT2D eigenvalue weighted by Crippen LogP contribution is -2.21. The summed E-state index contributed by atoms with van der Waals surface area (Å²) >= 11 is 6.78. The molecule has 0 amide bonds. The zero-order chi connectivity index (χ0) is 26.7. The van der Waals surface area contributed by atoms with Crippen LogP contribution < -0.4 is 10.6 Å². The minimum atomic E-state index is -2.49.